The zero-order chi connectivity index (χ0) is 15.0. The van der Waals surface area contributed by atoms with E-state index in [0.29, 0.717) is 24.4 Å². The smallest absolute Gasteiger partial charge is 0.391 e. The van der Waals surface area contributed by atoms with Gasteiger partial charge in [0.2, 0.25) is 5.88 Å². The van der Waals surface area contributed by atoms with Crippen LogP contribution in [0.4, 0.5) is 13.2 Å². The van der Waals surface area contributed by atoms with Gasteiger partial charge in [-0.1, -0.05) is 0 Å². The Kier molecular flexibility index (Phi) is 3.51. The second-order valence-electron chi connectivity index (χ2n) is 5.44. The quantitative estimate of drug-likeness (QED) is 0.917. The van der Waals surface area contributed by atoms with Crippen LogP contribution in [0.15, 0.2) is 12.1 Å². The number of nitrogens with one attached hydrogen (secondary N) is 1. The molecule has 2 aromatic rings. The van der Waals surface area contributed by atoms with Crippen LogP contribution in [0.1, 0.15) is 37.4 Å². The Morgan fingerprint density at radius 1 is 1.14 bits per heavy atom. The fourth-order valence-corrected chi connectivity index (χ4v) is 2.90. The molecule has 0 aromatic carbocycles. The van der Waals surface area contributed by atoms with Crippen molar-refractivity contribution in [3.63, 3.8) is 0 Å². The maximum absolute atomic E-state index is 12.7. The molecule has 0 amide bonds. The van der Waals surface area contributed by atoms with Gasteiger partial charge < -0.3 is 9.72 Å². The second-order valence-corrected chi connectivity index (χ2v) is 5.44. The van der Waals surface area contributed by atoms with E-state index in [4.69, 9.17) is 4.74 Å². The topological polar surface area (TPSA) is 50.8 Å². The molecule has 7 heteroatoms. The number of rotatable bonds is 2. The van der Waals surface area contributed by atoms with Gasteiger partial charge in [0.05, 0.1) is 18.5 Å². The Bertz CT molecular complexity index is 630. The van der Waals surface area contributed by atoms with Gasteiger partial charge >= 0.3 is 6.18 Å². The number of aromatic nitrogens is 3. The number of ether oxygens (including phenoxy) is 1. The van der Waals surface area contributed by atoms with E-state index in [-0.39, 0.29) is 18.8 Å². The molecular weight excluding hydrogens is 283 g/mol. The fourth-order valence-electron chi connectivity index (χ4n) is 2.90. The molecule has 2 aromatic heterocycles. The minimum Gasteiger partial charge on any atom is -0.481 e. The van der Waals surface area contributed by atoms with Gasteiger partial charge in [-0.3, -0.25) is 0 Å². The van der Waals surface area contributed by atoms with Crippen LogP contribution in [-0.2, 0) is 0 Å². The summed E-state index contributed by atoms with van der Waals surface area (Å²) in [4.78, 5) is 11.8. The normalized spacial score (nSPS) is 23.4. The minimum atomic E-state index is -4.08. The summed E-state index contributed by atoms with van der Waals surface area (Å²) >= 11 is 0. The van der Waals surface area contributed by atoms with Crippen molar-refractivity contribution in [1.29, 1.82) is 0 Å². The summed E-state index contributed by atoms with van der Waals surface area (Å²) in [6.07, 6.45) is -2.74. The first kappa shape index (κ1) is 14.2. The number of H-pyrrole nitrogens is 1. The number of aromatic amines is 1. The largest absolute Gasteiger partial charge is 0.481 e. The average molecular weight is 299 g/mol. The molecule has 3 rings (SSSR count). The zero-order valence-electron chi connectivity index (χ0n) is 11.6. The summed E-state index contributed by atoms with van der Waals surface area (Å²) in [5.41, 5.74) is 1.33. The van der Waals surface area contributed by atoms with Crippen LogP contribution in [0.3, 0.4) is 0 Å². The van der Waals surface area contributed by atoms with E-state index in [9.17, 15) is 13.2 Å². The van der Waals surface area contributed by atoms with Gasteiger partial charge in [-0.15, -0.1) is 0 Å². The number of fused-ring (bicyclic) bond motifs is 1. The molecule has 0 aliphatic heterocycles. The first-order valence-corrected chi connectivity index (χ1v) is 6.94. The predicted molar refractivity (Wildman–Crippen MR) is 71.2 cm³/mol. The van der Waals surface area contributed by atoms with Gasteiger partial charge in [-0.25, -0.2) is 4.98 Å². The number of pyridine rings is 1. The zero-order valence-corrected chi connectivity index (χ0v) is 11.6. The van der Waals surface area contributed by atoms with E-state index in [1.54, 1.807) is 6.07 Å². The lowest BCUT2D eigenvalue weighted by Crippen LogP contribution is -2.27. The molecule has 0 saturated heterocycles. The number of alkyl halides is 3. The van der Waals surface area contributed by atoms with Crippen LogP contribution in [0.25, 0.3) is 11.2 Å². The maximum Gasteiger partial charge on any atom is 0.391 e. The number of halogens is 3. The number of hydrogen-bond donors (Lipinski definition) is 1. The third-order valence-corrected chi connectivity index (χ3v) is 4.12. The summed E-state index contributed by atoms with van der Waals surface area (Å²) in [5.74, 6) is 0.0767. The van der Waals surface area contributed by atoms with E-state index < -0.39 is 12.1 Å². The lowest BCUT2D eigenvalue weighted by molar-refractivity contribution is -0.182. The van der Waals surface area contributed by atoms with Crippen molar-refractivity contribution >= 4 is 11.2 Å². The Hall–Kier alpha value is -1.79. The van der Waals surface area contributed by atoms with E-state index in [2.05, 4.69) is 15.0 Å². The van der Waals surface area contributed by atoms with E-state index in [0.717, 1.165) is 11.3 Å². The molecular formula is C14H16F3N3O. The van der Waals surface area contributed by atoms with E-state index in [1.165, 1.54) is 7.11 Å². The van der Waals surface area contributed by atoms with E-state index >= 15 is 0 Å². The van der Waals surface area contributed by atoms with Crippen molar-refractivity contribution in [3.8, 4) is 5.88 Å². The molecule has 4 nitrogen and oxygen atoms in total. The highest BCUT2D eigenvalue weighted by Gasteiger charge is 2.41. The molecule has 1 saturated carbocycles. The third kappa shape index (κ3) is 2.82. The molecule has 1 aliphatic carbocycles. The highest BCUT2D eigenvalue weighted by Crippen LogP contribution is 2.42. The minimum absolute atomic E-state index is 0.0452. The predicted octanol–water partition coefficient (Wildman–Crippen LogP) is 3.80. The lowest BCUT2D eigenvalue weighted by atomic mass is 9.81. The first-order valence-electron chi connectivity index (χ1n) is 6.94. The fraction of sp³-hybridized carbons (Fsp3) is 0.571. The lowest BCUT2D eigenvalue weighted by Gasteiger charge is -2.28. The Morgan fingerprint density at radius 2 is 1.86 bits per heavy atom. The molecule has 0 unspecified atom stereocenters. The number of methoxy groups -OCH3 is 1. The van der Waals surface area contributed by atoms with Crippen molar-refractivity contribution in [1.82, 2.24) is 15.0 Å². The molecule has 1 fully saturated rings. The maximum atomic E-state index is 12.7. The third-order valence-electron chi connectivity index (χ3n) is 4.12. The van der Waals surface area contributed by atoms with Crippen LogP contribution < -0.4 is 4.74 Å². The summed E-state index contributed by atoms with van der Waals surface area (Å²) in [6, 6.07) is 3.55. The number of imidazole rings is 1. The number of hydrogen-bond acceptors (Lipinski definition) is 3. The van der Waals surface area contributed by atoms with Gasteiger partial charge in [-0.05, 0) is 31.7 Å². The Balaban J connectivity index is 1.76. The molecule has 0 spiro atoms. The molecule has 1 N–H and O–H groups in total. The van der Waals surface area contributed by atoms with Crippen molar-refractivity contribution in [2.24, 2.45) is 5.92 Å². The molecule has 1 aliphatic rings. The Labute approximate surface area is 119 Å². The van der Waals surface area contributed by atoms with Crippen molar-refractivity contribution in [2.75, 3.05) is 7.11 Å². The SMILES string of the molecule is COc1ccc2[nH]c(C3CCC(C(F)(F)F)CC3)nc2n1. The van der Waals surface area contributed by atoms with Crippen LogP contribution in [-0.4, -0.2) is 28.2 Å². The first-order chi connectivity index (χ1) is 9.97. The Morgan fingerprint density at radius 3 is 2.48 bits per heavy atom. The van der Waals surface area contributed by atoms with Gasteiger partial charge in [0.1, 0.15) is 5.82 Å². The highest BCUT2D eigenvalue weighted by molar-refractivity contribution is 5.71. The molecule has 21 heavy (non-hydrogen) atoms. The summed E-state index contributed by atoms with van der Waals surface area (Å²) in [5, 5.41) is 0. The van der Waals surface area contributed by atoms with Crippen molar-refractivity contribution in [2.45, 2.75) is 37.8 Å². The summed E-state index contributed by atoms with van der Waals surface area (Å²) < 4.78 is 43.1. The molecule has 2 heterocycles. The van der Waals surface area contributed by atoms with Crippen LogP contribution >= 0.6 is 0 Å². The van der Waals surface area contributed by atoms with Crippen molar-refractivity contribution < 1.29 is 17.9 Å². The monoisotopic (exact) mass is 299 g/mol. The standard InChI is InChI=1S/C14H16F3N3O/c1-21-11-7-6-10-13(19-11)20-12(18-10)8-2-4-9(5-3-8)14(15,16)17/h6-9H,2-5H2,1H3,(H,18,19,20). The van der Waals surface area contributed by atoms with Gasteiger partial charge in [0.25, 0.3) is 0 Å². The van der Waals surface area contributed by atoms with Gasteiger partial charge in [-0.2, -0.15) is 18.2 Å². The molecule has 114 valence electrons. The van der Waals surface area contributed by atoms with Gasteiger partial charge in [0, 0.05) is 12.0 Å². The molecule has 0 bridgehead atoms. The highest BCUT2D eigenvalue weighted by atomic mass is 19.4. The van der Waals surface area contributed by atoms with Crippen molar-refractivity contribution in [3.05, 3.63) is 18.0 Å². The summed E-state index contributed by atoms with van der Waals surface area (Å²) in [6.45, 7) is 0. The summed E-state index contributed by atoms with van der Waals surface area (Å²) in [7, 11) is 1.53. The second kappa shape index (κ2) is 5.20. The van der Waals surface area contributed by atoms with Gasteiger partial charge in [0.15, 0.2) is 5.65 Å². The molecule has 0 atom stereocenters. The molecule has 0 radical (unpaired) electrons. The number of nitrogens with zero attached hydrogens (tertiary/aromatic N) is 2. The van der Waals surface area contributed by atoms with E-state index in [1.807, 2.05) is 6.07 Å². The van der Waals surface area contributed by atoms with Crippen LogP contribution in [0.5, 0.6) is 5.88 Å². The van der Waals surface area contributed by atoms with Crippen LogP contribution in [0, 0.1) is 5.92 Å². The van der Waals surface area contributed by atoms with Crippen LogP contribution in [0.2, 0.25) is 0 Å². The average Bonchev–Trinajstić information content (AvgIpc) is 2.89.